The van der Waals surface area contributed by atoms with Gasteiger partial charge < -0.3 is 25.0 Å². The maximum absolute atomic E-state index is 11.9. The number of amides is 1. The van der Waals surface area contributed by atoms with Gasteiger partial charge in [0.2, 0.25) is 5.91 Å². The van der Waals surface area contributed by atoms with Crippen LogP contribution in [0, 0.1) is 17.8 Å². The van der Waals surface area contributed by atoms with Crippen LogP contribution < -0.4 is 10.5 Å². The summed E-state index contributed by atoms with van der Waals surface area (Å²) in [6.07, 6.45) is 2.92. The van der Waals surface area contributed by atoms with E-state index < -0.39 is 6.10 Å². The van der Waals surface area contributed by atoms with E-state index in [1.54, 1.807) is 4.90 Å². The molecule has 2 aliphatic rings. The van der Waals surface area contributed by atoms with Crippen molar-refractivity contribution >= 4 is 22.8 Å². The van der Waals surface area contributed by atoms with Crippen LogP contribution in [0.3, 0.4) is 0 Å². The highest BCUT2D eigenvalue weighted by atomic mass is 16.5. The average molecular weight is 549 g/mol. The number of hydrogen-bond acceptors (Lipinski definition) is 7. The summed E-state index contributed by atoms with van der Waals surface area (Å²) >= 11 is 0. The summed E-state index contributed by atoms with van der Waals surface area (Å²) in [4.78, 5) is 24.6. The maximum atomic E-state index is 11.9. The Morgan fingerprint density at radius 3 is 2.54 bits per heavy atom. The Morgan fingerprint density at radius 2 is 1.83 bits per heavy atom. The first-order chi connectivity index (χ1) is 19.9. The molecule has 2 aromatic carbocycles. The molecule has 1 amide bonds. The smallest absolute Gasteiger partial charge is 0.246 e. The first-order valence-corrected chi connectivity index (χ1v) is 13.7. The van der Waals surface area contributed by atoms with E-state index in [0.717, 1.165) is 58.9 Å². The lowest BCUT2D eigenvalue weighted by atomic mass is 9.91. The molecule has 2 atom stereocenters. The van der Waals surface area contributed by atoms with Gasteiger partial charge in [0.05, 0.1) is 11.5 Å². The predicted octanol–water partition coefficient (Wildman–Crippen LogP) is 3.44. The normalized spacial score (nSPS) is 19.3. The minimum absolute atomic E-state index is 0.0294. The number of carbonyl (C=O) groups is 1. The number of ether oxygens (including phenoxy) is 1. The molecule has 4 heterocycles. The number of anilines is 1. The highest BCUT2D eigenvalue weighted by molar-refractivity contribution is 6.03. The van der Waals surface area contributed by atoms with Crippen molar-refractivity contribution < 1.29 is 14.6 Å². The van der Waals surface area contributed by atoms with Crippen LogP contribution in [0.1, 0.15) is 12.1 Å². The molecule has 208 valence electrons. The fourth-order valence-corrected chi connectivity index (χ4v) is 5.74. The molecule has 6 rings (SSSR count). The molecular formula is C32H32N6O3. The van der Waals surface area contributed by atoms with E-state index in [4.69, 9.17) is 10.5 Å². The van der Waals surface area contributed by atoms with Crippen molar-refractivity contribution in [3.63, 3.8) is 0 Å². The maximum Gasteiger partial charge on any atom is 0.246 e. The minimum atomic E-state index is -0.582. The third kappa shape index (κ3) is 5.15. The number of para-hydroxylation sites is 1. The monoisotopic (exact) mass is 548 g/mol. The topological polar surface area (TPSA) is 110 Å². The van der Waals surface area contributed by atoms with Crippen LogP contribution >= 0.6 is 0 Å². The molecule has 2 fully saturated rings. The van der Waals surface area contributed by atoms with E-state index in [1.807, 2.05) is 66.2 Å². The number of carbonyl (C=O) groups excluding carboxylic acids is 1. The Kier molecular flexibility index (Phi) is 7.18. The fraction of sp³-hybridized carbons (Fsp3) is 0.281. The van der Waals surface area contributed by atoms with Gasteiger partial charge in [-0.15, -0.1) is 0 Å². The zero-order chi connectivity index (χ0) is 28.5. The molecule has 0 aliphatic carbocycles. The summed E-state index contributed by atoms with van der Waals surface area (Å²) in [6, 6.07) is 17.6. The average Bonchev–Trinajstić information content (AvgIpc) is 3.25. The second-order valence-electron chi connectivity index (χ2n) is 10.5. The molecule has 2 aromatic heterocycles. The zero-order valence-electron chi connectivity index (χ0n) is 22.9. The van der Waals surface area contributed by atoms with Crippen LogP contribution in [-0.2, 0) is 11.8 Å². The van der Waals surface area contributed by atoms with Crippen molar-refractivity contribution in [3.05, 3.63) is 79.3 Å². The first-order valence-electron chi connectivity index (χ1n) is 13.7. The standard InChI is InChI=1S/C32H32N6O3/c1-3-28(40)37-16-15-25(27(39)19-37)38-17-21(18-38)9-14-26-29(30-31(33)34-20-35-32(30)36(26)2)22-10-12-24(13-11-22)41-23-7-5-4-6-8-23/h3-8,10-13,20-21,25,27,39H,1,15-19H2,2H3,(H2,33,34,35)/t25-,27-/m0/s1. The third-order valence-corrected chi connectivity index (χ3v) is 7.92. The quantitative estimate of drug-likeness (QED) is 0.290. The fourth-order valence-electron chi connectivity index (χ4n) is 5.74. The van der Waals surface area contributed by atoms with Crippen molar-refractivity contribution in [3.8, 4) is 34.5 Å². The number of benzene rings is 2. The Balaban J connectivity index is 1.23. The van der Waals surface area contributed by atoms with E-state index in [1.165, 1.54) is 12.4 Å². The van der Waals surface area contributed by atoms with Gasteiger partial charge in [-0.3, -0.25) is 9.69 Å². The van der Waals surface area contributed by atoms with E-state index in [-0.39, 0.29) is 17.9 Å². The summed E-state index contributed by atoms with van der Waals surface area (Å²) < 4.78 is 7.95. The van der Waals surface area contributed by atoms with Gasteiger partial charge in [0.1, 0.15) is 35.0 Å². The highest BCUT2D eigenvalue weighted by Gasteiger charge is 2.38. The summed E-state index contributed by atoms with van der Waals surface area (Å²) in [5.41, 5.74) is 9.74. The predicted molar refractivity (Wildman–Crippen MR) is 158 cm³/mol. The lowest BCUT2D eigenvalue weighted by Crippen LogP contribution is -2.61. The molecule has 9 nitrogen and oxygen atoms in total. The summed E-state index contributed by atoms with van der Waals surface area (Å²) in [5, 5.41) is 11.5. The number of aliphatic hydroxyl groups is 1. The lowest BCUT2D eigenvalue weighted by molar-refractivity contribution is -0.132. The number of aromatic nitrogens is 3. The minimum Gasteiger partial charge on any atom is -0.457 e. The van der Waals surface area contributed by atoms with Gasteiger partial charge in [0.25, 0.3) is 0 Å². The van der Waals surface area contributed by atoms with Crippen LogP contribution in [0.25, 0.3) is 22.2 Å². The number of aliphatic hydroxyl groups excluding tert-OH is 1. The van der Waals surface area contributed by atoms with Crippen molar-refractivity contribution in [2.75, 3.05) is 31.9 Å². The van der Waals surface area contributed by atoms with Crippen LogP contribution in [0.2, 0.25) is 0 Å². The van der Waals surface area contributed by atoms with E-state index in [2.05, 4.69) is 33.3 Å². The number of aryl methyl sites for hydroxylation is 1. The van der Waals surface area contributed by atoms with Gasteiger partial charge in [0, 0.05) is 50.7 Å². The van der Waals surface area contributed by atoms with Gasteiger partial charge >= 0.3 is 0 Å². The largest absolute Gasteiger partial charge is 0.457 e. The molecule has 9 heteroatoms. The van der Waals surface area contributed by atoms with Gasteiger partial charge in [-0.05, 0) is 48.2 Å². The Labute approximate surface area is 238 Å². The Morgan fingerprint density at radius 1 is 1.10 bits per heavy atom. The molecule has 0 bridgehead atoms. The summed E-state index contributed by atoms with van der Waals surface area (Å²) in [6.45, 7) is 6.05. The van der Waals surface area contributed by atoms with Crippen LogP contribution in [0.5, 0.6) is 11.5 Å². The molecule has 0 saturated carbocycles. The number of rotatable bonds is 5. The number of likely N-dealkylation sites (tertiary alicyclic amines) is 2. The van der Waals surface area contributed by atoms with Crippen LogP contribution in [0.4, 0.5) is 5.82 Å². The molecule has 41 heavy (non-hydrogen) atoms. The van der Waals surface area contributed by atoms with Gasteiger partial charge in [-0.25, -0.2) is 9.97 Å². The van der Waals surface area contributed by atoms with E-state index >= 15 is 0 Å². The highest BCUT2D eigenvalue weighted by Crippen LogP contribution is 2.37. The summed E-state index contributed by atoms with van der Waals surface area (Å²) in [7, 11) is 1.94. The van der Waals surface area contributed by atoms with Crippen molar-refractivity contribution in [2.24, 2.45) is 13.0 Å². The first kappa shape index (κ1) is 26.6. The Bertz CT molecular complexity index is 1650. The van der Waals surface area contributed by atoms with Crippen LogP contribution in [-0.4, -0.2) is 73.7 Å². The van der Waals surface area contributed by atoms with Crippen molar-refractivity contribution in [1.82, 2.24) is 24.3 Å². The number of nitrogen functional groups attached to an aromatic ring is 1. The third-order valence-electron chi connectivity index (χ3n) is 7.92. The second kappa shape index (κ2) is 11.1. The van der Waals surface area contributed by atoms with E-state index in [9.17, 15) is 9.90 Å². The molecule has 0 spiro atoms. The molecule has 4 aromatic rings. The van der Waals surface area contributed by atoms with Crippen molar-refractivity contribution in [1.29, 1.82) is 0 Å². The molecule has 2 aliphatic heterocycles. The molecule has 3 N–H and O–H groups in total. The number of piperidine rings is 1. The molecule has 0 unspecified atom stereocenters. The zero-order valence-corrected chi connectivity index (χ0v) is 22.9. The second-order valence-corrected chi connectivity index (χ2v) is 10.5. The molecular weight excluding hydrogens is 516 g/mol. The van der Waals surface area contributed by atoms with Crippen molar-refractivity contribution in [2.45, 2.75) is 18.6 Å². The summed E-state index contributed by atoms with van der Waals surface area (Å²) in [5.74, 6) is 8.81. The number of hydrogen-bond donors (Lipinski definition) is 2. The number of β-amino-alcohol motifs (C(OH)–C–C–N with tert-alkyl or cyclic N) is 1. The molecule has 0 radical (unpaired) electrons. The number of nitrogens with two attached hydrogens (primary N) is 1. The van der Waals surface area contributed by atoms with Gasteiger partial charge in [0.15, 0.2) is 0 Å². The number of nitrogens with zero attached hydrogens (tertiary/aromatic N) is 5. The van der Waals surface area contributed by atoms with Crippen LogP contribution in [0.15, 0.2) is 73.6 Å². The molecule has 2 saturated heterocycles. The lowest BCUT2D eigenvalue weighted by Gasteiger charge is -2.47. The number of fused-ring (bicyclic) bond motifs is 1. The Hall–Kier alpha value is -4.65. The van der Waals surface area contributed by atoms with Gasteiger partial charge in [-0.1, -0.05) is 42.8 Å². The van der Waals surface area contributed by atoms with Gasteiger partial charge in [-0.2, -0.15) is 0 Å². The SMILES string of the molecule is C=CC(=O)N1CC[C@H](N2CC(C#Cc3c(-c4ccc(Oc5ccccc5)cc4)c4c(N)ncnc4n3C)C2)[C@@H](O)C1. The van der Waals surface area contributed by atoms with E-state index in [0.29, 0.717) is 18.9 Å².